The van der Waals surface area contributed by atoms with E-state index in [1.54, 1.807) is 24.5 Å². The molecule has 4 rings (SSSR count). The first-order chi connectivity index (χ1) is 16.2. The van der Waals surface area contributed by atoms with Crippen molar-refractivity contribution < 1.29 is 19.0 Å². The number of methoxy groups -OCH3 is 1. The first kappa shape index (κ1) is 23.6. The number of ether oxygens (including phenoxy) is 3. The molecule has 0 aliphatic carbocycles. The lowest BCUT2D eigenvalue weighted by Crippen LogP contribution is -2.22. The molecule has 0 N–H and O–H groups in total. The van der Waals surface area contributed by atoms with E-state index >= 15 is 0 Å². The molecule has 0 saturated heterocycles. The summed E-state index contributed by atoms with van der Waals surface area (Å²) in [7, 11) is 1.67. The van der Waals surface area contributed by atoms with Gasteiger partial charge in [-0.2, -0.15) is 0 Å². The normalized spacial score (nSPS) is 11.7. The lowest BCUT2D eigenvalue weighted by Gasteiger charge is -2.17. The van der Waals surface area contributed by atoms with Gasteiger partial charge in [-0.05, 0) is 80.8 Å². The topological polar surface area (TPSA) is 44.8 Å². The lowest BCUT2D eigenvalue weighted by atomic mass is 10.1. The lowest BCUT2D eigenvalue weighted by molar-refractivity contribution is -0.148. The fourth-order valence-corrected chi connectivity index (χ4v) is 4.80. The van der Waals surface area contributed by atoms with Gasteiger partial charge in [0.05, 0.1) is 12.0 Å². The van der Waals surface area contributed by atoms with Gasteiger partial charge in [0.2, 0.25) is 0 Å². The maximum absolute atomic E-state index is 11.9. The van der Waals surface area contributed by atoms with Crippen LogP contribution in [-0.2, 0) is 9.53 Å². The highest BCUT2D eigenvalue weighted by atomic mass is 32.1. The van der Waals surface area contributed by atoms with Gasteiger partial charge in [0, 0.05) is 16.2 Å². The highest BCUT2D eigenvalue weighted by Crippen LogP contribution is 2.47. The Morgan fingerprint density at radius 1 is 0.941 bits per heavy atom. The molecule has 4 nitrogen and oxygen atoms in total. The standard InChI is InChI=1S/C29H28O4S/c1-19-8-6-7-9-23(19)28-27(24-16-15-22(31-5)18-25(24)34-28)32-21-13-10-20(11-14-21)12-17-26(30)33-29(2,3)4/h6-18H,1-5H3/b17-12+. The summed E-state index contributed by atoms with van der Waals surface area (Å²) in [5.41, 5.74) is 2.71. The van der Waals surface area contributed by atoms with E-state index in [2.05, 4.69) is 19.1 Å². The number of carbonyl (C=O) groups is 1. The van der Waals surface area contributed by atoms with Crippen LogP contribution in [0.25, 0.3) is 26.6 Å². The smallest absolute Gasteiger partial charge is 0.331 e. The summed E-state index contributed by atoms with van der Waals surface area (Å²) >= 11 is 1.69. The number of rotatable bonds is 6. The molecule has 0 amide bonds. The van der Waals surface area contributed by atoms with Crippen molar-refractivity contribution in [3.8, 4) is 27.7 Å². The molecule has 3 aromatic carbocycles. The SMILES string of the molecule is COc1ccc2c(Oc3ccc(/C=C/C(=O)OC(C)(C)C)cc3)c(-c3ccccc3C)sc2c1. The maximum atomic E-state index is 11.9. The van der Waals surface area contributed by atoms with E-state index in [-0.39, 0.29) is 5.97 Å². The second-order valence-electron chi connectivity index (χ2n) is 8.98. The number of esters is 1. The summed E-state index contributed by atoms with van der Waals surface area (Å²) in [5.74, 6) is 2.00. The van der Waals surface area contributed by atoms with E-state index in [1.165, 1.54) is 11.6 Å². The molecule has 4 aromatic rings. The average Bonchev–Trinajstić information content (AvgIpc) is 3.15. The molecule has 0 aliphatic rings. The van der Waals surface area contributed by atoms with E-state index < -0.39 is 5.60 Å². The van der Waals surface area contributed by atoms with Crippen molar-refractivity contribution >= 4 is 33.5 Å². The minimum absolute atomic E-state index is 0.365. The van der Waals surface area contributed by atoms with Crippen LogP contribution in [0.1, 0.15) is 31.9 Å². The summed E-state index contributed by atoms with van der Waals surface area (Å²) < 4.78 is 18.3. The van der Waals surface area contributed by atoms with E-state index in [1.807, 2.05) is 75.4 Å². The third kappa shape index (κ3) is 5.49. The predicted octanol–water partition coefficient (Wildman–Crippen LogP) is 8.03. The average molecular weight is 473 g/mol. The highest BCUT2D eigenvalue weighted by Gasteiger charge is 2.18. The number of hydrogen-bond donors (Lipinski definition) is 0. The van der Waals surface area contributed by atoms with Crippen LogP contribution in [0.3, 0.4) is 0 Å². The fraction of sp³-hybridized carbons (Fsp3) is 0.207. The Morgan fingerprint density at radius 2 is 1.65 bits per heavy atom. The van der Waals surface area contributed by atoms with E-state index in [0.29, 0.717) is 0 Å². The van der Waals surface area contributed by atoms with E-state index in [9.17, 15) is 4.79 Å². The van der Waals surface area contributed by atoms with Crippen LogP contribution in [-0.4, -0.2) is 18.7 Å². The number of carbonyl (C=O) groups excluding carboxylic acids is 1. The summed E-state index contributed by atoms with van der Waals surface area (Å²) in [6, 6.07) is 22.0. The number of thiophene rings is 1. The minimum Gasteiger partial charge on any atom is -0.497 e. The van der Waals surface area contributed by atoms with Crippen molar-refractivity contribution in [1.29, 1.82) is 0 Å². The fourth-order valence-electron chi connectivity index (χ4n) is 3.55. The Labute approximate surface area is 204 Å². The summed E-state index contributed by atoms with van der Waals surface area (Å²) in [6.07, 6.45) is 3.18. The van der Waals surface area contributed by atoms with Gasteiger partial charge in [-0.1, -0.05) is 36.4 Å². The van der Waals surface area contributed by atoms with Crippen LogP contribution < -0.4 is 9.47 Å². The summed E-state index contributed by atoms with van der Waals surface area (Å²) in [5, 5.41) is 1.04. The molecule has 5 heteroatoms. The molecule has 174 valence electrons. The summed E-state index contributed by atoms with van der Waals surface area (Å²) in [6.45, 7) is 7.65. The second-order valence-corrected chi connectivity index (χ2v) is 10.0. The molecular weight excluding hydrogens is 444 g/mol. The van der Waals surface area contributed by atoms with Gasteiger partial charge in [-0.3, -0.25) is 0 Å². The quantitative estimate of drug-likeness (QED) is 0.210. The molecule has 0 bridgehead atoms. The zero-order valence-corrected chi connectivity index (χ0v) is 20.9. The first-order valence-corrected chi connectivity index (χ1v) is 11.9. The van der Waals surface area contributed by atoms with Gasteiger partial charge in [0.15, 0.2) is 5.75 Å². The molecular formula is C29H28O4S. The zero-order chi connectivity index (χ0) is 24.3. The van der Waals surface area contributed by atoms with Crippen LogP contribution in [0.2, 0.25) is 0 Å². The number of hydrogen-bond acceptors (Lipinski definition) is 5. The molecule has 1 heterocycles. The Kier molecular flexibility index (Phi) is 6.75. The molecule has 0 radical (unpaired) electrons. The summed E-state index contributed by atoms with van der Waals surface area (Å²) in [4.78, 5) is 13.0. The number of benzene rings is 3. The van der Waals surface area contributed by atoms with Crippen molar-refractivity contribution in [3.63, 3.8) is 0 Å². The molecule has 0 spiro atoms. The van der Waals surface area contributed by atoms with Crippen molar-refractivity contribution in [3.05, 3.63) is 83.9 Å². The third-order valence-corrected chi connectivity index (χ3v) is 6.33. The Morgan fingerprint density at radius 3 is 2.32 bits per heavy atom. The predicted molar refractivity (Wildman–Crippen MR) is 140 cm³/mol. The van der Waals surface area contributed by atoms with Crippen molar-refractivity contribution in [2.45, 2.75) is 33.3 Å². The van der Waals surface area contributed by atoms with Crippen molar-refractivity contribution in [1.82, 2.24) is 0 Å². The highest BCUT2D eigenvalue weighted by molar-refractivity contribution is 7.22. The Hall–Kier alpha value is -3.57. The molecule has 0 unspecified atom stereocenters. The van der Waals surface area contributed by atoms with Crippen LogP contribution in [0.5, 0.6) is 17.2 Å². The van der Waals surface area contributed by atoms with Crippen molar-refractivity contribution in [2.75, 3.05) is 7.11 Å². The molecule has 1 aromatic heterocycles. The Bertz CT molecular complexity index is 1340. The second kappa shape index (κ2) is 9.74. The van der Waals surface area contributed by atoms with Crippen LogP contribution in [0.4, 0.5) is 0 Å². The molecule has 0 saturated carbocycles. The van der Waals surface area contributed by atoms with E-state index in [0.717, 1.165) is 43.3 Å². The monoisotopic (exact) mass is 472 g/mol. The maximum Gasteiger partial charge on any atom is 0.331 e. The molecule has 0 atom stereocenters. The third-order valence-electron chi connectivity index (χ3n) is 5.16. The van der Waals surface area contributed by atoms with Crippen LogP contribution in [0.15, 0.2) is 72.8 Å². The van der Waals surface area contributed by atoms with Gasteiger partial charge in [0.25, 0.3) is 0 Å². The Balaban J connectivity index is 1.64. The van der Waals surface area contributed by atoms with E-state index in [4.69, 9.17) is 14.2 Å². The van der Waals surface area contributed by atoms with Crippen molar-refractivity contribution in [2.24, 2.45) is 0 Å². The molecule has 0 aliphatic heterocycles. The van der Waals surface area contributed by atoms with Crippen LogP contribution in [0, 0.1) is 6.92 Å². The first-order valence-electron chi connectivity index (χ1n) is 11.1. The minimum atomic E-state index is -0.513. The van der Waals surface area contributed by atoms with Gasteiger partial charge in [0.1, 0.15) is 17.1 Å². The van der Waals surface area contributed by atoms with Gasteiger partial charge >= 0.3 is 5.97 Å². The molecule has 0 fully saturated rings. The largest absolute Gasteiger partial charge is 0.497 e. The van der Waals surface area contributed by atoms with Gasteiger partial charge in [-0.25, -0.2) is 4.79 Å². The van der Waals surface area contributed by atoms with Crippen LogP contribution >= 0.6 is 11.3 Å². The zero-order valence-electron chi connectivity index (χ0n) is 20.0. The molecule has 34 heavy (non-hydrogen) atoms. The number of fused-ring (bicyclic) bond motifs is 1. The van der Waals surface area contributed by atoms with Gasteiger partial charge < -0.3 is 14.2 Å². The number of aryl methyl sites for hydroxylation is 1. The van der Waals surface area contributed by atoms with Gasteiger partial charge in [-0.15, -0.1) is 11.3 Å².